The van der Waals surface area contributed by atoms with E-state index in [1.165, 1.54) is 23.1 Å². The van der Waals surface area contributed by atoms with Crippen molar-refractivity contribution < 1.29 is 4.39 Å². The maximum Gasteiger partial charge on any atom is 0.146 e. The van der Waals surface area contributed by atoms with Crippen LogP contribution in [0, 0.1) is 31.5 Å². The van der Waals surface area contributed by atoms with Crippen LogP contribution in [-0.4, -0.2) is 0 Å². The Kier molecular flexibility index (Phi) is 6.68. The Balaban J connectivity index is 1.66. The quantitative estimate of drug-likeness (QED) is 0.390. The van der Waals surface area contributed by atoms with Crippen molar-refractivity contribution in [3.8, 4) is 11.8 Å². The van der Waals surface area contributed by atoms with Gasteiger partial charge >= 0.3 is 0 Å². The first-order valence-corrected chi connectivity index (χ1v) is 11.2. The summed E-state index contributed by atoms with van der Waals surface area (Å²) in [7, 11) is 0. The molecule has 1 aliphatic carbocycles. The number of aryl methyl sites for hydroxylation is 4. The summed E-state index contributed by atoms with van der Waals surface area (Å²) in [4.78, 5) is 0. The molecule has 0 spiro atoms. The highest BCUT2D eigenvalue weighted by Crippen LogP contribution is 2.33. The lowest BCUT2D eigenvalue weighted by molar-refractivity contribution is 0.614. The normalized spacial score (nSPS) is 13.3. The topological polar surface area (TPSA) is 0 Å². The van der Waals surface area contributed by atoms with E-state index in [2.05, 4.69) is 62.1 Å². The Labute approximate surface area is 185 Å². The van der Waals surface area contributed by atoms with Crippen LogP contribution in [-0.2, 0) is 12.8 Å². The van der Waals surface area contributed by atoms with Gasteiger partial charge in [-0.05, 0) is 87.3 Å². The molecule has 0 N–H and O–H groups in total. The van der Waals surface area contributed by atoms with Crippen LogP contribution in [0.5, 0.6) is 0 Å². The second-order valence-electron chi connectivity index (χ2n) is 8.54. The molecule has 0 saturated heterocycles. The molecule has 0 unspecified atom stereocenters. The summed E-state index contributed by atoms with van der Waals surface area (Å²) in [5, 5.41) is 0. The van der Waals surface area contributed by atoms with Crippen LogP contribution in [0.4, 0.5) is 4.39 Å². The molecular formula is C30H29F. The Morgan fingerprint density at radius 2 is 1.48 bits per heavy atom. The molecule has 0 nitrogen and oxygen atoms in total. The van der Waals surface area contributed by atoms with Crippen molar-refractivity contribution >= 4 is 5.57 Å². The summed E-state index contributed by atoms with van der Waals surface area (Å²) < 4.78 is 15.7. The lowest BCUT2D eigenvalue weighted by Crippen LogP contribution is -2.04. The summed E-state index contributed by atoms with van der Waals surface area (Å²) in [6, 6.07) is 20.6. The fourth-order valence-electron chi connectivity index (χ4n) is 4.14. The molecule has 0 bridgehead atoms. The Hall–Kier alpha value is -3.11. The highest BCUT2D eigenvalue weighted by atomic mass is 19.1. The minimum absolute atomic E-state index is 0.158. The van der Waals surface area contributed by atoms with Gasteiger partial charge in [0.1, 0.15) is 5.82 Å². The van der Waals surface area contributed by atoms with Gasteiger partial charge < -0.3 is 0 Å². The predicted molar refractivity (Wildman–Crippen MR) is 129 cm³/mol. The van der Waals surface area contributed by atoms with Gasteiger partial charge in [-0.25, -0.2) is 4.39 Å². The van der Waals surface area contributed by atoms with Gasteiger partial charge in [-0.2, -0.15) is 0 Å². The van der Waals surface area contributed by atoms with Crippen LogP contribution in [0.1, 0.15) is 64.6 Å². The molecule has 0 radical (unpaired) electrons. The molecule has 0 saturated carbocycles. The largest absolute Gasteiger partial charge is 0.205 e. The third-order valence-electron chi connectivity index (χ3n) is 6.04. The molecular weight excluding hydrogens is 379 g/mol. The molecule has 3 aromatic rings. The average molecular weight is 409 g/mol. The SMILES string of the molecule is Cc1ccc(C#Cc2ccc(CCc3ccc(C)cc3)c(C3=CCCCC3)c2F)cc1. The zero-order valence-electron chi connectivity index (χ0n) is 18.5. The molecule has 4 rings (SSSR count). The van der Waals surface area contributed by atoms with Crippen molar-refractivity contribution in [2.24, 2.45) is 0 Å². The van der Waals surface area contributed by atoms with Crippen LogP contribution in [0.2, 0.25) is 0 Å². The lowest BCUT2D eigenvalue weighted by atomic mass is 9.87. The lowest BCUT2D eigenvalue weighted by Gasteiger charge is -2.18. The van der Waals surface area contributed by atoms with Crippen LogP contribution in [0.3, 0.4) is 0 Å². The monoisotopic (exact) mass is 408 g/mol. The minimum Gasteiger partial charge on any atom is -0.205 e. The Morgan fingerprint density at radius 1 is 0.774 bits per heavy atom. The molecule has 3 aromatic carbocycles. The highest BCUT2D eigenvalue weighted by Gasteiger charge is 2.18. The van der Waals surface area contributed by atoms with Gasteiger partial charge in [-0.3, -0.25) is 0 Å². The summed E-state index contributed by atoms with van der Waals surface area (Å²) >= 11 is 0. The van der Waals surface area contributed by atoms with E-state index in [4.69, 9.17) is 0 Å². The van der Waals surface area contributed by atoms with Crippen LogP contribution in [0.15, 0.2) is 66.7 Å². The van der Waals surface area contributed by atoms with E-state index in [0.29, 0.717) is 5.56 Å². The number of hydrogen-bond donors (Lipinski definition) is 0. The van der Waals surface area contributed by atoms with Gasteiger partial charge in [0.05, 0.1) is 5.56 Å². The van der Waals surface area contributed by atoms with Crippen LogP contribution >= 0.6 is 0 Å². The molecule has 1 aliphatic rings. The number of allylic oxidation sites excluding steroid dienone is 2. The third-order valence-corrected chi connectivity index (χ3v) is 6.04. The van der Waals surface area contributed by atoms with E-state index in [0.717, 1.165) is 54.4 Å². The molecule has 0 atom stereocenters. The van der Waals surface area contributed by atoms with Crippen LogP contribution < -0.4 is 0 Å². The Bertz CT molecular complexity index is 1140. The van der Waals surface area contributed by atoms with Crippen LogP contribution in [0.25, 0.3) is 5.57 Å². The third kappa shape index (κ3) is 5.33. The zero-order chi connectivity index (χ0) is 21.6. The van der Waals surface area contributed by atoms with Crippen molar-refractivity contribution in [2.45, 2.75) is 52.4 Å². The predicted octanol–water partition coefficient (Wildman–Crippen LogP) is 7.58. The smallest absolute Gasteiger partial charge is 0.146 e. The van der Waals surface area contributed by atoms with Gasteiger partial charge in [0, 0.05) is 11.1 Å². The Morgan fingerprint density at radius 3 is 2.16 bits per heavy atom. The zero-order valence-corrected chi connectivity index (χ0v) is 18.5. The molecule has 0 heterocycles. The first kappa shape index (κ1) is 21.1. The van der Waals surface area contributed by atoms with Crippen molar-refractivity contribution in [3.63, 3.8) is 0 Å². The van der Waals surface area contributed by atoms with Gasteiger partial charge in [0.2, 0.25) is 0 Å². The second-order valence-corrected chi connectivity index (χ2v) is 8.54. The van der Waals surface area contributed by atoms with Gasteiger partial charge in [-0.15, -0.1) is 0 Å². The van der Waals surface area contributed by atoms with E-state index >= 15 is 4.39 Å². The van der Waals surface area contributed by atoms with Gasteiger partial charge in [0.15, 0.2) is 0 Å². The maximum absolute atomic E-state index is 15.7. The molecule has 1 heteroatoms. The van der Waals surface area contributed by atoms with Crippen molar-refractivity contribution in [1.82, 2.24) is 0 Å². The van der Waals surface area contributed by atoms with Crippen molar-refractivity contribution in [2.75, 3.05) is 0 Å². The number of benzene rings is 3. The van der Waals surface area contributed by atoms with E-state index in [1.54, 1.807) is 0 Å². The average Bonchev–Trinajstić information content (AvgIpc) is 2.80. The first-order chi connectivity index (χ1) is 15.1. The summed E-state index contributed by atoms with van der Waals surface area (Å²) in [6.07, 6.45) is 8.27. The number of halogens is 1. The summed E-state index contributed by atoms with van der Waals surface area (Å²) in [5.74, 6) is 6.06. The fourth-order valence-corrected chi connectivity index (χ4v) is 4.14. The van der Waals surface area contributed by atoms with E-state index in [9.17, 15) is 0 Å². The van der Waals surface area contributed by atoms with E-state index < -0.39 is 0 Å². The van der Waals surface area contributed by atoms with Gasteiger partial charge in [0.25, 0.3) is 0 Å². The van der Waals surface area contributed by atoms with E-state index in [1.807, 2.05) is 30.3 Å². The molecule has 0 fully saturated rings. The molecule has 0 amide bonds. The highest BCUT2D eigenvalue weighted by molar-refractivity contribution is 5.71. The summed E-state index contributed by atoms with van der Waals surface area (Å²) in [6.45, 7) is 4.15. The van der Waals surface area contributed by atoms with Gasteiger partial charge in [-0.1, -0.05) is 71.5 Å². The van der Waals surface area contributed by atoms with Crippen molar-refractivity contribution in [1.29, 1.82) is 0 Å². The number of hydrogen-bond acceptors (Lipinski definition) is 0. The van der Waals surface area contributed by atoms with Crippen molar-refractivity contribution in [3.05, 3.63) is 112 Å². The molecule has 0 aliphatic heterocycles. The summed E-state index contributed by atoms with van der Waals surface area (Å²) in [5.41, 5.74) is 8.18. The fraction of sp³-hybridized carbons (Fsp3) is 0.267. The molecule has 0 aromatic heterocycles. The molecule has 156 valence electrons. The minimum atomic E-state index is -0.158. The number of rotatable bonds is 4. The van der Waals surface area contributed by atoms with E-state index in [-0.39, 0.29) is 5.82 Å². The maximum atomic E-state index is 15.7. The molecule has 31 heavy (non-hydrogen) atoms. The second kappa shape index (κ2) is 9.80. The first-order valence-electron chi connectivity index (χ1n) is 11.2. The standard InChI is InChI=1S/C30H29F/c1-22-8-12-24(13-9-22)16-18-27-20-21-28(19-17-25-14-10-23(2)11-15-25)30(31)29(27)26-6-4-3-5-7-26/h6,8-15,20-21H,3-5,7,16,18H2,1-2H3.